The van der Waals surface area contributed by atoms with Gasteiger partial charge in [0.2, 0.25) is 0 Å². The summed E-state index contributed by atoms with van der Waals surface area (Å²) in [6, 6.07) is 5.08. The average molecular weight is 285 g/mol. The van der Waals surface area contributed by atoms with E-state index in [4.69, 9.17) is 0 Å². The van der Waals surface area contributed by atoms with Crippen molar-refractivity contribution >= 4 is 21.7 Å². The molecule has 86 valence electrons. The molecule has 0 saturated heterocycles. The Hall–Kier alpha value is -0.700. The summed E-state index contributed by atoms with van der Waals surface area (Å²) in [7, 11) is 0. The standard InChI is InChI=1S/C13H14BrFO/c1-8-10(3-5-13(8)16)6-9-2-4-12(15)11(14)7-9/h2,4,7-8,10H,3,5-6H2,1H3. The first-order valence-corrected chi connectivity index (χ1v) is 6.34. The maximum Gasteiger partial charge on any atom is 0.137 e. The molecular formula is C13H14BrFO. The average Bonchev–Trinajstić information content (AvgIpc) is 2.55. The molecular weight excluding hydrogens is 271 g/mol. The molecule has 0 N–H and O–H groups in total. The van der Waals surface area contributed by atoms with Crippen LogP contribution in [-0.2, 0) is 11.2 Å². The van der Waals surface area contributed by atoms with Crippen molar-refractivity contribution in [2.75, 3.05) is 0 Å². The minimum absolute atomic E-state index is 0.156. The first-order chi connectivity index (χ1) is 7.58. The van der Waals surface area contributed by atoms with Crippen LogP contribution in [0.25, 0.3) is 0 Å². The zero-order valence-corrected chi connectivity index (χ0v) is 10.8. The maximum absolute atomic E-state index is 13.1. The Morgan fingerprint density at radius 3 is 2.81 bits per heavy atom. The van der Waals surface area contributed by atoms with E-state index in [2.05, 4.69) is 15.9 Å². The van der Waals surface area contributed by atoms with Gasteiger partial charge in [0.1, 0.15) is 11.6 Å². The molecule has 1 nitrogen and oxygen atoms in total. The van der Waals surface area contributed by atoms with Gasteiger partial charge in [0, 0.05) is 12.3 Å². The summed E-state index contributed by atoms with van der Waals surface area (Å²) in [5.74, 6) is 0.708. The monoisotopic (exact) mass is 284 g/mol. The molecule has 2 atom stereocenters. The zero-order valence-electron chi connectivity index (χ0n) is 9.17. The quantitative estimate of drug-likeness (QED) is 0.809. The van der Waals surface area contributed by atoms with Gasteiger partial charge in [-0.15, -0.1) is 0 Å². The van der Waals surface area contributed by atoms with E-state index in [1.807, 2.05) is 13.0 Å². The number of benzene rings is 1. The van der Waals surface area contributed by atoms with Gasteiger partial charge in [-0.3, -0.25) is 4.79 Å². The van der Waals surface area contributed by atoms with Crippen molar-refractivity contribution in [3.63, 3.8) is 0 Å². The maximum atomic E-state index is 13.1. The van der Waals surface area contributed by atoms with E-state index in [1.54, 1.807) is 6.07 Å². The molecule has 1 aromatic rings. The highest BCUT2D eigenvalue weighted by molar-refractivity contribution is 9.10. The van der Waals surface area contributed by atoms with Crippen molar-refractivity contribution in [2.45, 2.75) is 26.2 Å². The molecule has 0 heterocycles. The molecule has 0 bridgehead atoms. The Balaban J connectivity index is 2.09. The third kappa shape index (κ3) is 2.34. The number of hydrogen-bond donors (Lipinski definition) is 0. The summed E-state index contributed by atoms with van der Waals surface area (Å²) in [5, 5.41) is 0. The molecule has 0 aliphatic heterocycles. The molecule has 0 spiro atoms. The molecule has 2 rings (SSSR count). The van der Waals surface area contributed by atoms with Gasteiger partial charge in [0.25, 0.3) is 0 Å². The smallest absolute Gasteiger partial charge is 0.137 e. The lowest BCUT2D eigenvalue weighted by Crippen LogP contribution is -2.12. The molecule has 1 aromatic carbocycles. The van der Waals surface area contributed by atoms with Crippen molar-refractivity contribution in [3.8, 4) is 0 Å². The second kappa shape index (κ2) is 4.66. The van der Waals surface area contributed by atoms with Crippen LogP contribution in [0.15, 0.2) is 22.7 Å². The van der Waals surface area contributed by atoms with E-state index in [0.717, 1.165) is 18.4 Å². The fourth-order valence-corrected chi connectivity index (χ4v) is 2.74. The minimum atomic E-state index is -0.237. The SMILES string of the molecule is CC1C(=O)CCC1Cc1ccc(F)c(Br)c1. The Morgan fingerprint density at radius 2 is 2.25 bits per heavy atom. The van der Waals surface area contributed by atoms with Gasteiger partial charge in [-0.05, 0) is 52.4 Å². The van der Waals surface area contributed by atoms with E-state index in [1.165, 1.54) is 6.07 Å². The highest BCUT2D eigenvalue weighted by Gasteiger charge is 2.30. The van der Waals surface area contributed by atoms with Crippen LogP contribution in [0.2, 0.25) is 0 Å². The summed E-state index contributed by atoms with van der Waals surface area (Å²) in [6.45, 7) is 2.00. The third-order valence-corrected chi connectivity index (χ3v) is 4.07. The number of Topliss-reactive ketones (excluding diaryl/α,β-unsaturated/α-hetero) is 1. The number of rotatable bonds is 2. The van der Waals surface area contributed by atoms with E-state index in [9.17, 15) is 9.18 Å². The van der Waals surface area contributed by atoms with Gasteiger partial charge in [-0.2, -0.15) is 0 Å². The number of hydrogen-bond acceptors (Lipinski definition) is 1. The Kier molecular flexibility index (Phi) is 3.43. The predicted molar refractivity (Wildman–Crippen MR) is 64.7 cm³/mol. The van der Waals surface area contributed by atoms with E-state index < -0.39 is 0 Å². The number of ketones is 1. The van der Waals surface area contributed by atoms with E-state index >= 15 is 0 Å². The van der Waals surface area contributed by atoms with Crippen LogP contribution in [0.3, 0.4) is 0 Å². The van der Waals surface area contributed by atoms with Crippen molar-refractivity contribution in [1.82, 2.24) is 0 Å². The Morgan fingerprint density at radius 1 is 1.50 bits per heavy atom. The molecule has 3 heteroatoms. The van der Waals surface area contributed by atoms with Crippen LogP contribution in [-0.4, -0.2) is 5.78 Å². The minimum Gasteiger partial charge on any atom is -0.299 e. The van der Waals surface area contributed by atoms with Crippen LogP contribution < -0.4 is 0 Å². The Bertz CT molecular complexity index is 416. The molecule has 0 aromatic heterocycles. The van der Waals surface area contributed by atoms with Gasteiger partial charge >= 0.3 is 0 Å². The van der Waals surface area contributed by atoms with Gasteiger partial charge in [-0.1, -0.05) is 13.0 Å². The van der Waals surface area contributed by atoms with Crippen molar-refractivity contribution in [1.29, 1.82) is 0 Å². The summed E-state index contributed by atoms with van der Waals surface area (Å²) >= 11 is 3.18. The molecule has 0 amide bonds. The predicted octanol–water partition coefficient (Wildman–Crippen LogP) is 3.75. The lowest BCUT2D eigenvalue weighted by molar-refractivity contribution is -0.120. The van der Waals surface area contributed by atoms with Gasteiger partial charge < -0.3 is 0 Å². The lowest BCUT2D eigenvalue weighted by atomic mass is 9.91. The topological polar surface area (TPSA) is 17.1 Å². The highest BCUT2D eigenvalue weighted by atomic mass is 79.9. The van der Waals surface area contributed by atoms with Gasteiger partial charge in [0.05, 0.1) is 4.47 Å². The number of carbonyl (C=O) groups excluding carboxylic acids is 1. The molecule has 1 fully saturated rings. The van der Waals surface area contributed by atoms with Crippen LogP contribution in [0, 0.1) is 17.7 Å². The van der Waals surface area contributed by atoms with Crippen LogP contribution in [0.5, 0.6) is 0 Å². The summed E-state index contributed by atoms with van der Waals surface area (Å²) in [5.41, 5.74) is 1.10. The lowest BCUT2D eigenvalue weighted by Gasteiger charge is -2.14. The highest BCUT2D eigenvalue weighted by Crippen LogP contribution is 2.31. The summed E-state index contributed by atoms with van der Waals surface area (Å²) < 4.78 is 13.6. The number of halogens is 2. The Labute approximate surface area is 103 Å². The molecule has 0 radical (unpaired) electrons. The van der Waals surface area contributed by atoms with Crippen LogP contribution in [0.4, 0.5) is 4.39 Å². The molecule has 1 aliphatic rings. The van der Waals surface area contributed by atoms with Crippen LogP contribution >= 0.6 is 15.9 Å². The fourth-order valence-electron chi connectivity index (χ4n) is 2.32. The van der Waals surface area contributed by atoms with Crippen molar-refractivity contribution in [3.05, 3.63) is 34.1 Å². The first-order valence-electron chi connectivity index (χ1n) is 5.54. The van der Waals surface area contributed by atoms with E-state index in [-0.39, 0.29) is 11.7 Å². The third-order valence-electron chi connectivity index (χ3n) is 3.46. The van der Waals surface area contributed by atoms with Crippen molar-refractivity contribution in [2.24, 2.45) is 11.8 Å². The fraction of sp³-hybridized carbons (Fsp3) is 0.462. The normalized spacial score (nSPS) is 25.1. The molecule has 16 heavy (non-hydrogen) atoms. The van der Waals surface area contributed by atoms with Crippen LogP contribution in [0.1, 0.15) is 25.3 Å². The largest absolute Gasteiger partial charge is 0.299 e. The first kappa shape index (κ1) is 11.8. The van der Waals surface area contributed by atoms with Crippen molar-refractivity contribution < 1.29 is 9.18 Å². The summed E-state index contributed by atoms with van der Waals surface area (Å²) in [4.78, 5) is 11.4. The molecule has 1 saturated carbocycles. The van der Waals surface area contributed by atoms with Gasteiger partial charge in [-0.25, -0.2) is 4.39 Å². The zero-order chi connectivity index (χ0) is 11.7. The van der Waals surface area contributed by atoms with E-state index in [0.29, 0.717) is 22.6 Å². The summed E-state index contributed by atoms with van der Waals surface area (Å²) in [6.07, 6.45) is 2.54. The van der Waals surface area contributed by atoms with Gasteiger partial charge in [0.15, 0.2) is 0 Å². The second-order valence-electron chi connectivity index (χ2n) is 4.51. The molecule has 1 aliphatic carbocycles. The second-order valence-corrected chi connectivity index (χ2v) is 5.36. The molecule has 2 unspecified atom stereocenters. The number of carbonyl (C=O) groups is 1.